The molecule has 0 amide bonds. The van der Waals surface area contributed by atoms with E-state index in [1.54, 1.807) is 0 Å². The highest BCUT2D eigenvalue weighted by molar-refractivity contribution is 5.33. The fourth-order valence-corrected chi connectivity index (χ4v) is 4.61. The third-order valence-electron chi connectivity index (χ3n) is 6.29. The van der Waals surface area contributed by atoms with Crippen LogP contribution in [0.5, 0.6) is 0 Å². The van der Waals surface area contributed by atoms with Gasteiger partial charge >= 0.3 is 0 Å². The van der Waals surface area contributed by atoms with Crippen molar-refractivity contribution in [2.45, 2.75) is 63.7 Å². The molecule has 3 nitrogen and oxygen atoms in total. The van der Waals surface area contributed by atoms with E-state index < -0.39 is 6.10 Å². The van der Waals surface area contributed by atoms with Crippen LogP contribution >= 0.6 is 0 Å². The molecule has 1 heterocycles. The first-order chi connectivity index (χ1) is 13.1. The molecule has 3 heteroatoms. The minimum Gasteiger partial charge on any atom is -0.391 e. The topological polar surface area (TPSA) is 43.7 Å². The molecule has 3 rings (SSSR count). The average Bonchev–Trinajstić information content (AvgIpc) is 3.20. The molecule has 0 saturated carbocycles. The Hall–Kier alpha value is -1.42. The number of nitrogens with zero attached hydrogens (tertiary/aromatic N) is 1. The van der Waals surface area contributed by atoms with Gasteiger partial charge in [-0.1, -0.05) is 68.3 Å². The summed E-state index contributed by atoms with van der Waals surface area (Å²) in [7, 11) is 2.07. The molecule has 1 fully saturated rings. The van der Waals surface area contributed by atoms with E-state index in [1.165, 1.54) is 24.0 Å². The van der Waals surface area contributed by atoms with Gasteiger partial charge in [-0.15, -0.1) is 0 Å². The number of fused-ring (bicyclic) bond motifs is 1. The molecule has 1 saturated heterocycles. The van der Waals surface area contributed by atoms with Crippen LogP contribution in [0.15, 0.2) is 48.6 Å². The maximum absolute atomic E-state index is 10.7. The molecular formula is C24H35NO2. The predicted molar refractivity (Wildman–Crippen MR) is 112 cm³/mol. The molecule has 0 bridgehead atoms. The van der Waals surface area contributed by atoms with E-state index in [4.69, 9.17) is 0 Å². The van der Waals surface area contributed by atoms with E-state index >= 15 is 0 Å². The number of β-amino-alcohol motifs (C(OH)–C–C–N with tert-alkyl or cyclic N) is 1. The first-order valence-corrected chi connectivity index (χ1v) is 10.6. The number of likely N-dealkylation sites (tertiary alicyclic amines) is 1. The van der Waals surface area contributed by atoms with Gasteiger partial charge in [0.25, 0.3) is 0 Å². The second kappa shape index (κ2) is 9.68. The highest BCUT2D eigenvalue weighted by Crippen LogP contribution is 2.31. The van der Waals surface area contributed by atoms with Crippen molar-refractivity contribution in [3.63, 3.8) is 0 Å². The number of rotatable bonds is 8. The van der Waals surface area contributed by atoms with Crippen molar-refractivity contribution in [1.82, 2.24) is 4.90 Å². The number of aliphatic hydroxyl groups excluding tert-OH is 2. The minimum absolute atomic E-state index is 0.189. The smallest absolute Gasteiger partial charge is 0.0756 e. The van der Waals surface area contributed by atoms with Crippen molar-refractivity contribution in [3.05, 3.63) is 59.7 Å². The Morgan fingerprint density at radius 1 is 1.19 bits per heavy atom. The maximum atomic E-state index is 10.7. The third-order valence-corrected chi connectivity index (χ3v) is 6.29. The molecule has 1 aliphatic heterocycles. The number of aliphatic hydroxyl groups is 2. The van der Waals surface area contributed by atoms with Gasteiger partial charge in [-0.2, -0.15) is 0 Å². The Labute approximate surface area is 164 Å². The maximum Gasteiger partial charge on any atom is 0.0756 e. The molecule has 1 aliphatic carbocycles. The monoisotopic (exact) mass is 369 g/mol. The summed E-state index contributed by atoms with van der Waals surface area (Å²) in [5, 5.41) is 21.2. The van der Waals surface area contributed by atoms with Gasteiger partial charge in [0.05, 0.1) is 12.2 Å². The lowest BCUT2D eigenvalue weighted by Crippen LogP contribution is -2.28. The van der Waals surface area contributed by atoms with E-state index in [0.29, 0.717) is 6.54 Å². The molecule has 0 aromatic heterocycles. The third kappa shape index (κ3) is 5.10. The van der Waals surface area contributed by atoms with E-state index in [9.17, 15) is 10.2 Å². The van der Waals surface area contributed by atoms with Gasteiger partial charge in [-0.25, -0.2) is 0 Å². The quantitative estimate of drug-likeness (QED) is 0.542. The van der Waals surface area contributed by atoms with Gasteiger partial charge in [0.2, 0.25) is 0 Å². The lowest BCUT2D eigenvalue weighted by atomic mass is 9.92. The van der Waals surface area contributed by atoms with Gasteiger partial charge < -0.3 is 10.2 Å². The summed E-state index contributed by atoms with van der Waals surface area (Å²) < 4.78 is 0. The normalized spacial score (nSPS) is 27.8. The number of hydrogen-bond donors (Lipinski definition) is 2. The van der Waals surface area contributed by atoms with Crippen molar-refractivity contribution < 1.29 is 10.2 Å². The molecule has 27 heavy (non-hydrogen) atoms. The largest absolute Gasteiger partial charge is 0.391 e. The number of likely N-dealkylation sites (N-methyl/N-ethyl adjacent to an activating group) is 1. The Balaban J connectivity index is 1.57. The number of allylic oxidation sites excluding steroid dienone is 2. The Bertz CT molecular complexity index is 629. The zero-order chi connectivity index (χ0) is 19.2. The summed E-state index contributed by atoms with van der Waals surface area (Å²) in [6, 6.07) is 8.70. The second-order valence-corrected chi connectivity index (χ2v) is 8.32. The van der Waals surface area contributed by atoms with Gasteiger partial charge in [0.1, 0.15) is 0 Å². The van der Waals surface area contributed by atoms with Crippen LogP contribution in [0.25, 0.3) is 0 Å². The van der Waals surface area contributed by atoms with Crippen molar-refractivity contribution in [2.24, 2.45) is 11.8 Å². The molecule has 4 atom stereocenters. The summed E-state index contributed by atoms with van der Waals surface area (Å²) in [4.78, 5) is 2.21. The molecule has 2 aliphatic rings. The van der Waals surface area contributed by atoms with Crippen LogP contribution in [-0.2, 0) is 12.8 Å². The van der Waals surface area contributed by atoms with E-state index in [-0.39, 0.29) is 24.0 Å². The fourth-order valence-electron chi connectivity index (χ4n) is 4.61. The molecule has 1 aromatic rings. The highest BCUT2D eigenvalue weighted by Gasteiger charge is 2.36. The van der Waals surface area contributed by atoms with Crippen molar-refractivity contribution in [3.8, 4) is 0 Å². The van der Waals surface area contributed by atoms with Crippen LogP contribution in [0, 0.1) is 11.8 Å². The number of benzene rings is 1. The lowest BCUT2D eigenvalue weighted by molar-refractivity contribution is 0.141. The standard InChI is InChI=1S/C24H35NO2/c1-3-4-5-6-7-12-21-22(25(2)17-24(21)27)13-14-23(26)20-15-18-10-8-9-11-19(18)16-20/h6-11,13-14,20-24,26-27H,3-5,12,15-17H2,1-2H3/b7-6+,14-13+. The molecule has 1 aromatic carbocycles. The van der Waals surface area contributed by atoms with Crippen LogP contribution in [-0.4, -0.2) is 47.0 Å². The molecule has 0 spiro atoms. The van der Waals surface area contributed by atoms with Crippen LogP contribution < -0.4 is 0 Å². The Morgan fingerprint density at radius 2 is 1.89 bits per heavy atom. The molecule has 148 valence electrons. The zero-order valence-corrected chi connectivity index (χ0v) is 16.8. The Kier molecular flexibility index (Phi) is 7.28. The van der Waals surface area contributed by atoms with E-state index in [0.717, 1.165) is 25.7 Å². The van der Waals surface area contributed by atoms with Crippen LogP contribution in [0.3, 0.4) is 0 Å². The molecule has 4 unspecified atom stereocenters. The van der Waals surface area contributed by atoms with Crippen LogP contribution in [0.1, 0.15) is 43.7 Å². The zero-order valence-electron chi connectivity index (χ0n) is 16.8. The number of hydrogen-bond acceptors (Lipinski definition) is 3. The van der Waals surface area contributed by atoms with Crippen molar-refractivity contribution in [2.75, 3.05) is 13.6 Å². The number of unbranched alkanes of at least 4 members (excludes halogenated alkanes) is 2. The molecule has 2 N–H and O–H groups in total. The Morgan fingerprint density at radius 3 is 2.56 bits per heavy atom. The van der Waals surface area contributed by atoms with Crippen molar-refractivity contribution >= 4 is 0 Å². The van der Waals surface area contributed by atoms with E-state index in [1.807, 2.05) is 6.08 Å². The van der Waals surface area contributed by atoms with Crippen LogP contribution in [0.2, 0.25) is 0 Å². The second-order valence-electron chi connectivity index (χ2n) is 8.32. The SMILES string of the molecule is CCCC/C=C/CC1C(O)CN(C)C1/C=C/C(O)C1Cc2ccccc2C1. The fraction of sp³-hybridized carbons (Fsp3) is 0.583. The van der Waals surface area contributed by atoms with E-state index in [2.05, 4.69) is 61.4 Å². The highest BCUT2D eigenvalue weighted by atomic mass is 16.3. The summed E-state index contributed by atoms with van der Waals surface area (Å²) in [5.74, 6) is 0.472. The molecule has 0 radical (unpaired) electrons. The summed E-state index contributed by atoms with van der Waals surface area (Å²) >= 11 is 0. The first kappa shape index (κ1) is 20.3. The van der Waals surface area contributed by atoms with Gasteiger partial charge in [-0.3, -0.25) is 4.90 Å². The summed E-state index contributed by atoms with van der Waals surface area (Å²) in [6.45, 7) is 2.91. The lowest BCUT2D eigenvalue weighted by Gasteiger charge is -2.22. The molecular weight excluding hydrogens is 334 g/mol. The summed E-state index contributed by atoms with van der Waals surface area (Å²) in [5.41, 5.74) is 2.75. The van der Waals surface area contributed by atoms with Gasteiger partial charge in [0.15, 0.2) is 0 Å². The van der Waals surface area contributed by atoms with Gasteiger partial charge in [0, 0.05) is 18.5 Å². The average molecular weight is 370 g/mol. The van der Waals surface area contributed by atoms with Gasteiger partial charge in [-0.05, 0) is 49.8 Å². The summed E-state index contributed by atoms with van der Waals surface area (Å²) in [6.07, 6.45) is 14.2. The first-order valence-electron chi connectivity index (χ1n) is 10.6. The minimum atomic E-state index is -0.427. The predicted octanol–water partition coefficient (Wildman–Crippen LogP) is 3.75. The van der Waals surface area contributed by atoms with Crippen LogP contribution in [0.4, 0.5) is 0 Å². The van der Waals surface area contributed by atoms with Crippen molar-refractivity contribution in [1.29, 1.82) is 0 Å².